The Kier molecular flexibility index (Phi) is 6.71. The highest BCUT2D eigenvalue weighted by Crippen LogP contribution is 2.40. The summed E-state index contributed by atoms with van der Waals surface area (Å²) >= 11 is 0. The summed E-state index contributed by atoms with van der Waals surface area (Å²) in [4.78, 5) is 0.201. The first-order chi connectivity index (χ1) is 19.4. The molecule has 2 heterocycles. The highest BCUT2D eigenvalue weighted by atomic mass is 32.2. The normalized spacial score (nSPS) is 15.4. The van der Waals surface area contributed by atoms with Crippen molar-refractivity contribution in [2.45, 2.75) is 17.9 Å². The molecule has 7 nitrogen and oxygen atoms in total. The molecule has 1 aliphatic heterocycles. The number of rotatable bonds is 7. The molecule has 1 aromatic heterocycles. The summed E-state index contributed by atoms with van der Waals surface area (Å²) in [5.41, 5.74) is 9.06. The van der Waals surface area contributed by atoms with Gasteiger partial charge in [0.1, 0.15) is 5.75 Å². The summed E-state index contributed by atoms with van der Waals surface area (Å²) in [6.07, 6.45) is 3.86. The van der Waals surface area contributed by atoms with Gasteiger partial charge in [0, 0.05) is 17.3 Å². The molecular weight excluding hydrogens is 520 g/mol. The number of hydrogen-bond donors (Lipinski definition) is 1. The number of methoxy groups -OCH3 is 1. The standard InChI is InChI=1S/C32H28N4O3S/c1-23-13-15-24(16-14-23)30-21-31(36(33-30)40(37,38)28-11-7-4-8-12-28)29-22-35(26-9-5-3-6-10-26)34-32(29)25-17-19-27(39-2)20-18-25/h3-22,31,33H,1-2H3/t31-/m1/s1. The van der Waals surface area contributed by atoms with E-state index in [0.717, 1.165) is 33.7 Å². The minimum Gasteiger partial charge on any atom is -0.497 e. The van der Waals surface area contributed by atoms with Crippen LogP contribution in [0.15, 0.2) is 126 Å². The van der Waals surface area contributed by atoms with Crippen LogP contribution >= 0.6 is 0 Å². The van der Waals surface area contributed by atoms with Gasteiger partial charge in [0.25, 0.3) is 10.0 Å². The van der Waals surface area contributed by atoms with Gasteiger partial charge < -0.3 is 10.2 Å². The van der Waals surface area contributed by atoms with Gasteiger partial charge in [-0.05, 0) is 67.1 Å². The zero-order valence-electron chi connectivity index (χ0n) is 22.1. The molecule has 0 amide bonds. The molecule has 4 aromatic carbocycles. The first kappa shape index (κ1) is 25.6. The van der Waals surface area contributed by atoms with E-state index in [-0.39, 0.29) is 4.90 Å². The van der Waals surface area contributed by atoms with Gasteiger partial charge in [-0.1, -0.05) is 66.2 Å². The Morgan fingerprint density at radius 1 is 0.800 bits per heavy atom. The van der Waals surface area contributed by atoms with E-state index < -0.39 is 16.1 Å². The summed E-state index contributed by atoms with van der Waals surface area (Å²) < 4.78 is 36.6. The quantitative estimate of drug-likeness (QED) is 0.264. The number of nitrogens with one attached hydrogen (secondary N) is 1. The van der Waals surface area contributed by atoms with Crippen LogP contribution in [0, 0.1) is 6.92 Å². The Labute approximate surface area is 234 Å². The van der Waals surface area contributed by atoms with Gasteiger partial charge in [0.05, 0.1) is 35.1 Å². The van der Waals surface area contributed by atoms with Crippen molar-refractivity contribution in [3.8, 4) is 22.7 Å². The van der Waals surface area contributed by atoms with Crippen molar-refractivity contribution < 1.29 is 13.2 Å². The van der Waals surface area contributed by atoms with Crippen LogP contribution in [0.1, 0.15) is 22.7 Å². The second-order valence-electron chi connectivity index (χ2n) is 9.56. The Balaban J connectivity index is 1.54. The number of hydrogen-bond acceptors (Lipinski definition) is 5. The molecule has 8 heteroatoms. The SMILES string of the molecule is COc1ccc(-c2nn(-c3ccccc3)cc2[C@H]2C=C(c3ccc(C)cc3)NN2S(=O)(=O)c2ccccc2)cc1. The van der Waals surface area contributed by atoms with Crippen LogP contribution in [0.4, 0.5) is 0 Å². The zero-order valence-corrected chi connectivity index (χ0v) is 22.9. The maximum atomic E-state index is 14.0. The van der Waals surface area contributed by atoms with E-state index in [2.05, 4.69) is 5.43 Å². The molecule has 0 saturated carbocycles. The van der Waals surface area contributed by atoms with Crippen molar-refractivity contribution in [1.29, 1.82) is 0 Å². The number of para-hydroxylation sites is 1. The largest absolute Gasteiger partial charge is 0.497 e. The summed E-state index contributed by atoms with van der Waals surface area (Å²) in [7, 11) is -2.31. The van der Waals surface area contributed by atoms with Crippen LogP contribution in [-0.4, -0.2) is 29.7 Å². The monoisotopic (exact) mass is 548 g/mol. The fourth-order valence-corrected chi connectivity index (χ4v) is 6.19. The van der Waals surface area contributed by atoms with Gasteiger partial charge in [0.2, 0.25) is 0 Å². The lowest BCUT2D eigenvalue weighted by Crippen LogP contribution is -2.39. The van der Waals surface area contributed by atoms with E-state index in [9.17, 15) is 8.42 Å². The van der Waals surface area contributed by atoms with E-state index in [4.69, 9.17) is 9.84 Å². The second-order valence-corrected chi connectivity index (χ2v) is 11.4. The lowest BCUT2D eigenvalue weighted by atomic mass is 10.0. The number of nitrogens with zero attached hydrogens (tertiary/aromatic N) is 3. The summed E-state index contributed by atoms with van der Waals surface area (Å²) in [5.74, 6) is 0.727. The third-order valence-corrected chi connectivity index (χ3v) is 8.62. The molecule has 0 unspecified atom stereocenters. The number of sulfonamides is 1. The number of aryl methyl sites for hydroxylation is 1. The Bertz CT molecular complexity index is 1760. The number of ether oxygens (including phenoxy) is 1. The van der Waals surface area contributed by atoms with Crippen molar-refractivity contribution in [3.63, 3.8) is 0 Å². The summed E-state index contributed by atoms with van der Waals surface area (Å²) in [6, 6.07) is 33.2. The zero-order chi connectivity index (χ0) is 27.7. The molecular formula is C32H28N4O3S. The minimum atomic E-state index is -3.94. The lowest BCUT2D eigenvalue weighted by Gasteiger charge is -2.24. The average Bonchev–Trinajstić information content (AvgIpc) is 3.64. The van der Waals surface area contributed by atoms with Crippen molar-refractivity contribution >= 4 is 15.7 Å². The van der Waals surface area contributed by atoms with Gasteiger partial charge in [-0.3, -0.25) is 0 Å². The lowest BCUT2D eigenvalue weighted by molar-refractivity contribution is 0.348. The van der Waals surface area contributed by atoms with Crippen LogP contribution in [0.3, 0.4) is 0 Å². The smallest absolute Gasteiger partial charge is 0.260 e. The molecule has 0 radical (unpaired) electrons. The third-order valence-electron chi connectivity index (χ3n) is 6.92. The molecule has 0 spiro atoms. The van der Waals surface area contributed by atoms with E-state index >= 15 is 0 Å². The van der Waals surface area contributed by atoms with Crippen LogP contribution in [0.5, 0.6) is 5.75 Å². The molecule has 5 aromatic rings. The molecule has 40 heavy (non-hydrogen) atoms. The molecule has 0 bridgehead atoms. The van der Waals surface area contributed by atoms with Gasteiger partial charge in [-0.25, -0.2) is 13.1 Å². The Hall–Kier alpha value is -4.66. The van der Waals surface area contributed by atoms with Gasteiger partial charge >= 0.3 is 0 Å². The van der Waals surface area contributed by atoms with Crippen LogP contribution in [-0.2, 0) is 10.0 Å². The molecule has 1 N–H and O–H groups in total. The second kappa shape index (κ2) is 10.5. The van der Waals surface area contributed by atoms with Crippen LogP contribution in [0.25, 0.3) is 22.6 Å². The Morgan fingerprint density at radius 2 is 1.43 bits per heavy atom. The van der Waals surface area contributed by atoms with E-state index in [0.29, 0.717) is 11.4 Å². The molecule has 1 atom stereocenters. The highest BCUT2D eigenvalue weighted by molar-refractivity contribution is 7.89. The highest BCUT2D eigenvalue weighted by Gasteiger charge is 2.39. The molecule has 1 aliphatic rings. The summed E-state index contributed by atoms with van der Waals surface area (Å²) in [6.45, 7) is 2.02. The predicted octanol–water partition coefficient (Wildman–Crippen LogP) is 6.15. The van der Waals surface area contributed by atoms with Gasteiger partial charge in [-0.2, -0.15) is 5.10 Å². The maximum absolute atomic E-state index is 14.0. The van der Waals surface area contributed by atoms with Crippen molar-refractivity contribution in [3.05, 3.63) is 138 Å². The fourth-order valence-electron chi connectivity index (χ4n) is 4.77. The number of aromatic nitrogens is 2. The first-order valence-electron chi connectivity index (χ1n) is 12.9. The number of benzene rings is 4. The molecule has 200 valence electrons. The van der Waals surface area contributed by atoms with E-state index in [1.54, 1.807) is 42.1 Å². The van der Waals surface area contributed by atoms with E-state index in [1.165, 1.54) is 4.41 Å². The fraction of sp³-hybridized carbons (Fsp3) is 0.0938. The van der Waals surface area contributed by atoms with E-state index in [1.807, 2.05) is 98.1 Å². The van der Waals surface area contributed by atoms with Gasteiger partial charge in [0.15, 0.2) is 0 Å². The minimum absolute atomic E-state index is 0.201. The van der Waals surface area contributed by atoms with Crippen molar-refractivity contribution in [2.75, 3.05) is 7.11 Å². The maximum Gasteiger partial charge on any atom is 0.260 e. The molecule has 0 aliphatic carbocycles. The van der Waals surface area contributed by atoms with Crippen LogP contribution < -0.4 is 10.2 Å². The molecule has 0 fully saturated rings. The van der Waals surface area contributed by atoms with Crippen LogP contribution in [0.2, 0.25) is 0 Å². The molecule has 0 saturated heterocycles. The predicted molar refractivity (Wildman–Crippen MR) is 156 cm³/mol. The Morgan fingerprint density at radius 3 is 2.08 bits per heavy atom. The average molecular weight is 549 g/mol. The first-order valence-corrected chi connectivity index (χ1v) is 14.3. The van der Waals surface area contributed by atoms with Gasteiger partial charge in [-0.15, -0.1) is 4.41 Å². The topological polar surface area (TPSA) is 76.5 Å². The number of hydrazine groups is 1. The molecule has 6 rings (SSSR count). The summed E-state index contributed by atoms with van der Waals surface area (Å²) in [5, 5.41) is 4.95. The third kappa shape index (κ3) is 4.79. The van der Waals surface area contributed by atoms with Crippen molar-refractivity contribution in [1.82, 2.24) is 19.6 Å². The van der Waals surface area contributed by atoms with Crippen molar-refractivity contribution in [2.24, 2.45) is 0 Å².